The van der Waals surface area contributed by atoms with Gasteiger partial charge in [-0.05, 0) is 49.7 Å². The van der Waals surface area contributed by atoms with Gasteiger partial charge in [-0.3, -0.25) is 9.69 Å². The molecular formula is C21H24ClN3OS2. The number of hydrogen-bond acceptors (Lipinski definition) is 5. The highest BCUT2D eigenvalue weighted by Crippen LogP contribution is 2.32. The molecular weight excluding hydrogens is 410 g/mol. The fraction of sp³-hybridized carbons (Fsp3) is 0.333. The highest BCUT2D eigenvalue weighted by molar-refractivity contribution is 7.98. The lowest BCUT2D eigenvalue weighted by Gasteiger charge is -2.25. The minimum Gasteiger partial charge on any atom is -0.302 e. The number of aromatic nitrogens is 1. The van der Waals surface area contributed by atoms with Crippen molar-refractivity contribution in [3.05, 3.63) is 53.1 Å². The minimum absolute atomic E-state index is 0.109. The molecule has 7 heteroatoms. The number of thiazole rings is 1. The largest absolute Gasteiger partial charge is 0.302 e. The van der Waals surface area contributed by atoms with Crippen LogP contribution in [0.15, 0.2) is 47.4 Å². The number of carbonyl (C=O) groups excluding carboxylic acids is 1. The van der Waals surface area contributed by atoms with Crippen molar-refractivity contribution in [3.63, 3.8) is 0 Å². The van der Waals surface area contributed by atoms with E-state index >= 15 is 0 Å². The van der Waals surface area contributed by atoms with Crippen LogP contribution in [0.1, 0.15) is 24.2 Å². The molecule has 0 aliphatic rings. The monoisotopic (exact) mass is 433 g/mol. The second-order valence-corrected chi connectivity index (χ2v) is 8.59. The van der Waals surface area contributed by atoms with E-state index in [2.05, 4.69) is 37.1 Å². The van der Waals surface area contributed by atoms with Gasteiger partial charge in [-0.25, -0.2) is 4.98 Å². The Kier molecular flexibility index (Phi) is 7.35. The Bertz CT molecular complexity index is 956. The van der Waals surface area contributed by atoms with Crippen molar-refractivity contribution in [2.45, 2.75) is 18.7 Å². The molecule has 3 aromatic rings. The van der Waals surface area contributed by atoms with Crippen LogP contribution in [0.2, 0.25) is 5.02 Å². The molecule has 0 atom stereocenters. The first kappa shape index (κ1) is 21.1. The SMILES string of the molecule is CCN(CC)CCN(C(=O)c1ccccc1Cl)c1nc2ccc(SC)cc2s1. The lowest BCUT2D eigenvalue weighted by Crippen LogP contribution is -2.39. The van der Waals surface area contributed by atoms with Gasteiger partial charge in [0.1, 0.15) is 0 Å². The first-order chi connectivity index (χ1) is 13.6. The number of benzene rings is 2. The number of nitrogens with zero attached hydrogens (tertiary/aromatic N) is 3. The number of anilines is 1. The van der Waals surface area contributed by atoms with Gasteiger partial charge in [-0.2, -0.15) is 0 Å². The lowest BCUT2D eigenvalue weighted by molar-refractivity contribution is 0.0984. The van der Waals surface area contributed by atoms with Gasteiger partial charge >= 0.3 is 0 Å². The topological polar surface area (TPSA) is 36.4 Å². The number of fused-ring (bicyclic) bond motifs is 1. The summed E-state index contributed by atoms with van der Waals surface area (Å²) in [4.78, 5) is 23.3. The van der Waals surface area contributed by atoms with Crippen molar-refractivity contribution in [2.75, 3.05) is 37.3 Å². The smallest absolute Gasteiger partial charge is 0.261 e. The second kappa shape index (κ2) is 9.74. The molecule has 4 nitrogen and oxygen atoms in total. The Balaban J connectivity index is 1.97. The standard InChI is InChI=1S/C21H24ClN3OS2/c1-4-24(5-2)12-13-25(20(26)16-8-6-7-9-17(16)22)21-23-18-11-10-15(27-3)14-19(18)28-21/h6-11,14H,4-5,12-13H2,1-3H3. The van der Waals surface area contributed by atoms with E-state index in [1.165, 1.54) is 4.90 Å². The predicted octanol–water partition coefficient (Wildman–Crippen LogP) is 5.66. The van der Waals surface area contributed by atoms with Gasteiger partial charge in [0.25, 0.3) is 5.91 Å². The molecule has 0 aliphatic heterocycles. The Morgan fingerprint density at radius 1 is 1.14 bits per heavy atom. The Labute approximate surface area is 179 Å². The summed E-state index contributed by atoms with van der Waals surface area (Å²) in [5.74, 6) is -0.109. The van der Waals surface area contributed by atoms with E-state index in [1.54, 1.807) is 40.1 Å². The third kappa shape index (κ3) is 4.69. The van der Waals surface area contributed by atoms with Crippen LogP contribution < -0.4 is 4.90 Å². The maximum absolute atomic E-state index is 13.3. The molecule has 0 aliphatic carbocycles. The van der Waals surface area contributed by atoms with Gasteiger partial charge in [0.05, 0.1) is 20.8 Å². The second-order valence-electron chi connectivity index (χ2n) is 6.29. The first-order valence-electron chi connectivity index (χ1n) is 9.30. The molecule has 1 aromatic heterocycles. The molecule has 2 aromatic carbocycles. The molecule has 0 fully saturated rings. The molecule has 0 saturated heterocycles. The molecule has 148 valence electrons. The van der Waals surface area contributed by atoms with Crippen molar-refractivity contribution in [2.24, 2.45) is 0 Å². The number of rotatable bonds is 8. The third-order valence-corrected chi connectivity index (χ3v) is 6.79. The molecule has 3 rings (SSSR count). The summed E-state index contributed by atoms with van der Waals surface area (Å²) in [5.41, 5.74) is 1.42. The fourth-order valence-electron chi connectivity index (χ4n) is 2.98. The molecule has 0 spiro atoms. The summed E-state index contributed by atoms with van der Waals surface area (Å²) in [6.45, 7) is 7.51. The first-order valence-corrected chi connectivity index (χ1v) is 11.7. The van der Waals surface area contributed by atoms with Gasteiger partial charge in [0, 0.05) is 18.0 Å². The van der Waals surface area contributed by atoms with E-state index in [4.69, 9.17) is 16.6 Å². The summed E-state index contributed by atoms with van der Waals surface area (Å²) in [7, 11) is 0. The van der Waals surface area contributed by atoms with Gasteiger partial charge in [-0.15, -0.1) is 11.8 Å². The van der Waals surface area contributed by atoms with Crippen molar-refractivity contribution >= 4 is 56.0 Å². The van der Waals surface area contributed by atoms with Crippen molar-refractivity contribution < 1.29 is 4.79 Å². The van der Waals surface area contributed by atoms with Crippen LogP contribution in [0.25, 0.3) is 10.2 Å². The van der Waals surface area contributed by atoms with E-state index in [1.807, 2.05) is 18.2 Å². The van der Waals surface area contributed by atoms with E-state index in [0.717, 1.165) is 29.9 Å². The summed E-state index contributed by atoms with van der Waals surface area (Å²) < 4.78 is 1.08. The maximum Gasteiger partial charge on any atom is 0.261 e. The zero-order chi connectivity index (χ0) is 20.1. The van der Waals surface area contributed by atoms with Crippen molar-refractivity contribution in [1.82, 2.24) is 9.88 Å². The van der Waals surface area contributed by atoms with Crippen LogP contribution in [0, 0.1) is 0 Å². The van der Waals surface area contributed by atoms with Crippen LogP contribution in [-0.2, 0) is 0 Å². The zero-order valence-electron chi connectivity index (χ0n) is 16.3. The summed E-state index contributed by atoms with van der Waals surface area (Å²) in [5, 5.41) is 1.18. The van der Waals surface area contributed by atoms with Gasteiger partial charge < -0.3 is 4.90 Å². The lowest BCUT2D eigenvalue weighted by atomic mass is 10.2. The van der Waals surface area contributed by atoms with E-state index in [0.29, 0.717) is 22.3 Å². The van der Waals surface area contributed by atoms with Crippen LogP contribution in [-0.4, -0.2) is 48.2 Å². The summed E-state index contributed by atoms with van der Waals surface area (Å²) >= 11 is 9.56. The molecule has 0 radical (unpaired) electrons. The molecule has 1 amide bonds. The molecule has 1 heterocycles. The highest BCUT2D eigenvalue weighted by Gasteiger charge is 2.23. The number of hydrogen-bond donors (Lipinski definition) is 0. The van der Waals surface area contributed by atoms with Crippen LogP contribution in [0.4, 0.5) is 5.13 Å². The number of halogens is 1. The van der Waals surface area contributed by atoms with Crippen LogP contribution in [0.3, 0.4) is 0 Å². The minimum atomic E-state index is -0.109. The van der Waals surface area contributed by atoms with Crippen molar-refractivity contribution in [1.29, 1.82) is 0 Å². The van der Waals surface area contributed by atoms with E-state index < -0.39 is 0 Å². The van der Waals surface area contributed by atoms with E-state index in [-0.39, 0.29) is 5.91 Å². The Morgan fingerprint density at radius 2 is 1.89 bits per heavy atom. The quantitative estimate of drug-likeness (QED) is 0.429. The Morgan fingerprint density at radius 3 is 2.57 bits per heavy atom. The molecule has 0 saturated carbocycles. The number of likely N-dealkylation sites (N-methyl/N-ethyl adjacent to an activating group) is 1. The van der Waals surface area contributed by atoms with E-state index in [9.17, 15) is 4.79 Å². The number of thioether (sulfide) groups is 1. The van der Waals surface area contributed by atoms with Crippen molar-refractivity contribution in [3.8, 4) is 0 Å². The molecule has 0 N–H and O–H groups in total. The molecule has 0 unspecified atom stereocenters. The average Bonchev–Trinajstić information content (AvgIpc) is 3.14. The highest BCUT2D eigenvalue weighted by atomic mass is 35.5. The maximum atomic E-state index is 13.3. The summed E-state index contributed by atoms with van der Waals surface area (Å²) in [6, 6.07) is 13.4. The van der Waals surface area contributed by atoms with Gasteiger partial charge in [0.15, 0.2) is 5.13 Å². The average molecular weight is 434 g/mol. The summed E-state index contributed by atoms with van der Waals surface area (Å²) in [6.07, 6.45) is 2.06. The predicted molar refractivity (Wildman–Crippen MR) is 122 cm³/mol. The third-order valence-electron chi connectivity index (χ3n) is 4.70. The normalized spacial score (nSPS) is 11.3. The molecule has 0 bridgehead atoms. The molecule has 28 heavy (non-hydrogen) atoms. The Hall–Kier alpha value is -1.60. The van der Waals surface area contributed by atoms with Gasteiger partial charge in [-0.1, -0.05) is 48.9 Å². The zero-order valence-corrected chi connectivity index (χ0v) is 18.7. The van der Waals surface area contributed by atoms with Gasteiger partial charge in [0.2, 0.25) is 0 Å². The number of carbonyl (C=O) groups is 1. The number of amides is 1. The fourth-order valence-corrected chi connectivity index (χ4v) is 4.74. The van der Waals surface area contributed by atoms with Crippen LogP contribution in [0.5, 0.6) is 0 Å². The van der Waals surface area contributed by atoms with Crippen LogP contribution >= 0.6 is 34.7 Å².